The van der Waals surface area contributed by atoms with Crippen molar-refractivity contribution < 1.29 is 9.53 Å². The van der Waals surface area contributed by atoms with E-state index in [1.165, 1.54) is 0 Å². The smallest absolute Gasteiger partial charge is 0.329 e. The van der Waals surface area contributed by atoms with Gasteiger partial charge in [0.15, 0.2) is 0 Å². The van der Waals surface area contributed by atoms with Crippen molar-refractivity contribution in [1.82, 2.24) is 9.88 Å². The number of urea groups is 1. The summed E-state index contributed by atoms with van der Waals surface area (Å²) in [7, 11) is 0. The summed E-state index contributed by atoms with van der Waals surface area (Å²) >= 11 is 6.09. The Labute approximate surface area is 194 Å². The van der Waals surface area contributed by atoms with Crippen LogP contribution in [-0.4, -0.2) is 48.8 Å². The van der Waals surface area contributed by atoms with Gasteiger partial charge in [-0.2, -0.15) is 0 Å². The molecule has 5 rings (SSSR count). The molecule has 32 heavy (non-hydrogen) atoms. The number of allylic oxidation sites excluding steroid dienone is 1. The van der Waals surface area contributed by atoms with Gasteiger partial charge in [0.25, 0.3) is 0 Å². The highest BCUT2D eigenvalue weighted by Gasteiger charge is 2.39. The molecule has 2 amide bonds. The van der Waals surface area contributed by atoms with Crippen LogP contribution in [0, 0.1) is 11.8 Å². The molecule has 0 radical (unpaired) electrons. The molecule has 7 heteroatoms. The van der Waals surface area contributed by atoms with Crippen LogP contribution in [-0.2, 0) is 11.3 Å². The Morgan fingerprint density at radius 3 is 2.66 bits per heavy atom. The number of benzene rings is 1. The quantitative estimate of drug-likeness (QED) is 0.652. The molecule has 3 aliphatic rings. The van der Waals surface area contributed by atoms with Gasteiger partial charge in [-0.3, -0.25) is 14.8 Å². The van der Waals surface area contributed by atoms with Crippen molar-refractivity contribution >= 4 is 34.7 Å². The standard InChI is InChI=1S/C25H29ClN4O2/c1-17(2)19-5-8-22-24-23(13-21(14-27-24)28-9-11-32-12-10-28)29(25(31)30(22)16-19)15-18-3-6-20(26)7-4-18/h3-4,6-8,13-14,17,19H,5,9-12,15-16H2,1-2H3. The average molecular weight is 453 g/mol. The van der Waals surface area contributed by atoms with Gasteiger partial charge in [0.05, 0.1) is 43.0 Å². The molecule has 0 bridgehead atoms. The van der Waals surface area contributed by atoms with Gasteiger partial charge in [0.1, 0.15) is 5.69 Å². The number of carbonyl (C=O) groups excluding carboxylic acids is 1. The highest BCUT2D eigenvalue weighted by atomic mass is 35.5. The third-order valence-electron chi connectivity index (χ3n) is 6.74. The van der Waals surface area contributed by atoms with Gasteiger partial charge in [-0.05, 0) is 42.0 Å². The molecule has 0 spiro atoms. The van der Waals surface area contributed by atoms with Crippen molar-refractivity contribution in [2.45, 2.75) is 26.8 Å². The van der Waals surface area contributed by atoms with Gasteiger partial charge in [-0.25, -0.2) is 4.79 Å². The largest absolute Gasteiger partial charge is 0.378 e. The fourth-order valence-corrected chi connectivity index (χ4v) is 4.81. The summed E-state index contributed by atoms with van der Waals surface area (Å²) in [6.45, 7) is 8.74. The number of hydrogen-bond acceptors (Lipinski definition) is 4. The molecule has 0 saturated carbocycles. The maximum Gasteiger partial charge on any atom is 0.329 e. The third kappa shape index (κ3) is 3.97. The SMILES string of the molecule is CC(C)C1CC=C2c3ncc(N4CCOCC4)cc3N(Cc3ccc(Cl)cc3)C(=O)N2C1. The Bertz CT molecular complexity index is 1030. The number of hydrogen-bond donors (Lipinski definition) is 0. The lowest BCUT2D eigenvalue weighted by Gasteiger charge is -2.43. The van der Waals surface area contributed by atoms with E-state index in [1.54, 1.807) is 0 Å². The highest BCUT2D eigenvalue weighted by molar-refractivity contribution is 6.30. The minimum atomic E-state index is 0.0185. The molecule has 4 heterocycles. The Kier molecular flexibility index (Phi) is 5.82. The minimum absolute atomic E-state index is 0.0185. The van der Waals surface area contributed by atoms with Crippen molar-refractivity contribution in [3.8, 4) is 0 Å². The van der Waals surface area contributed by atoms with Gasteiger partial charge in [-0.15, -0.1) is 0 Å². The maximum absolute atomic E-state index is 13.8. The van der Waals surface area contributed by atoms with Crippen molar-refractivity contribution in [2.75, 3.05) is 42.6 Å². The van der Waals surface area contributed by atoms with Crippen LogP contribution >= 0.6 is 11.6 Å². The Balaban J connectivity index is 1.56. The molecular formula is C25H29ClN4O2. The number of nitrogens with zero attached hydrogens (tertiary/aromatic N) is 4. The van der Waals surface area contributed by atoms with E-state index in [1.807, 2.05) is 40.3 Å². The third-order valence-corrected chi connectivity index (χ3v) is 7.00. The molecule has 1 fully saturated rings. The predicted molar refractivity (Wildman–Crippen MR) is 128 cm³/mol. The molecule has 1 unspecified atom stereocenters. The summed E-state index contributed by atoms with van der Waals surface area (Å²) in [5.74, 6) is 0.970. The minimum Gasteiger partial charge on any atom is -0.378 e. The molecule has 3 aliphatic heterocycles. The zero-order valence-electron chi connectivity index (χ0n) is 18.6. The van der Waals surface area contributed by atoms with Crippen LogP contribution in [0.3, 0.4) is 0 Å². The fraction of sp³-hybridized carbons (Fsp3) is 0.440. The van der Waals surface area contributed by atoms with E-state index >= 15 is 0 Å². The number of amides is 2. The lowest BCUT2D eigenvalue weighted by molar-refractivity contribution is 0.122. The fourth-order valence-electron chi connectivity index (χ4n) is 4.68. The molecule has 0 aliphatic carbocycles. The second-order valence-corrected chi connectivity index (χ2v) is 9.53. The Morgan fingerprint density at radius 2 is 1.94 bits per heavy atom. The molecule has 1 saturated heterocycles. The second-order valence-electron chi connectivity index (χ2n) is 9.10. The Hall–Kier alpha value is -2.57. The first kappa shape index (κ1) is 21.3. The van der Waals surface area contributed by atoms with Crippen molar-refractivity contribution in [3.05, 3.63) is 58.9 Å². The zero-order chi connectivity index (χ0) is 22.2. The lowest BCUT2D eigenvalue weighted by Crippen LogP contribution is -2.49. The van der Waals surface area contributed by atoms with Crippen LogP contribution in [0.2, 0.25) is 5.02 Å². The van der Waals surface area contributed by atoms with Crippen LogP contribution in [0.5, 0.6) is 0 Å². The van der Waals surface area contributed by atoms with E-state index in [-0.39, 0.29) is 6.03 Å². The topological polar surface area (TPSA) is 48.9 Å². The number of morpholine rings is 1. The number of aromatic nitrogens is 1. The van der Waals surface area contributed by atoms with E-state index in [0.29, 0.717) is 36.6 Å². The molecule has 0 N–H and O–H groups in total. The summed E-state index contributed by atoms with van der Waals surface area (Å²) in [4.78, 5) is 24.7. The molecule has 6 nitrogen and oxygen atoms in total. The monoisotopic (exact) mass is 452 g/mol. The van der Waals surface area contributed by atoms with Crippen LogP contribution < -0.4 is 9.80 Å². The molecule has 168 valence electrons. The van der Waals surface area contributed by atoms with Gasteiger partial charge in [-0.1, -0.05) is 43.7 Å². The van der Waals surface area contributed by atoms with Crippen molar-refractivity contribution in [1.29, 1.82) is 0 Å². The van der Waals surface area contributed by atoms with Gasteiger partial charge in [0, 0.05) is 24.7 Å². The second kappa shape index (κ2) is 8.75. The first-order valence-electron chi connectivity index (χ1n) is 11.4. The first-order valence-corrected chi connectivity index (χ1v) is 11.8. The van der Waals surface area contributed by atoms with E-state index in [9.17, 15) is 4.79 Å². The summed E-state index contributed by atoms with van der Waals surface area (Å²) < 4.78 is 5.51. The number of pyridine rings is 1. The number of rotatable bonds is 4. The highest BCUT2D eigenvalue weighted by Crippen LogP contribution is 2.41. The van der Waals surface area contributed by atoms with Crippen LogP contribution in [0.15, 0.2) is 42.6 Å². The lowest BCUT2D eigenvalue weighted by atomic mass is 9.88. The summed E-state index contributed by atoms with van der Waals surface area (Å²) in [5.41, 5.74) is 4.78. The van der Waals surface area contributed by atoms with Crippen LogP contribution in [0.1, 0.15) is 31.5 Å². The number of fused-ring (bicyclic) bond motifs is 3. The number of carbonyl (C=O) groups is 1. The van der Waals surface area contributed by atoms with Gasteiger partial charge in [0.2, 0.25) is 0 Å². The van der Waals surface area contributed by atoms with Crippen molar-refractivity contribution in [2.24, 2.45) is 11.8 Å². The summed E-state index contributed by atoms with van der Waals surface area (Å²) in [5, 5.41) is 0.691. The number of anilines is 2. The van der Waals surface area contributed by atoms with Crippen LogP contribution in [0.4, 0.5) is 16.2 Å². The zero-order valence-corrected chi connectivity index (χ0v) is 19.4. The van der Waals surface area contributed by atoms with E-state index in [4.69, 9.17) is 21.3 Å². The van der Waals surface area contributed by atoms with E-state index < -0.39 is 0 Å². The molecule has 1 aromatic carbocycles. The maximum atomic E-state index is 13.8. The molecule has 1 aromatic heterocycles. The van der Waals surface area contributed by atoms with E-state index in [2.05, 4.69) is 30.9 Å². The molecule has 1 atom stereocenters. The number of halogens is 1. The predicted octanol–water partition coefficient (Wildman–Crippen LogP) is 5.03. The molecule has 2 aromatic rings. The number of ether oxygens (including phenoxy) is 1. The first-order chi connectivity index (χ1) is 15.5. The van der Waals surface area contributed by atoms with Gasteiger partial charge < -0.3 is 9.64 Å². The van der Waals surface area contributed by atoms with Gasteiger partial charge >= 0.3 is 6.03 Å². The molecular weight excluding hydrogens is 424 g/mol. The average Bonchev–Trinajstić information content (AvgIpc) is 2.83. The van der Waals surface area contributed by atoms with E-state index in [0.717, 1.165) is 54.4 Å². The summed E-state index contributed by atoms with van der Waals surface area (Å²) in [6.07, 6.45) is 5.11. The normalized spacial score (nSPS) is 20.9. The summed E-state index contributed by atoms with van der Waals surface area (Å²) in [6, 6.07) is 9.84. The Morgan fingerprint density at radius 1 is 1.19 bits per heavy atom. The van der Waals surface area contributed by atoms with Crippen molar-refractivity contribution in [3.63, 3.8) is 0 Å². The van der Waals surface area contributed by atoms with Crippen LogP contribution in [0.25, 0.3) is 5.70 Å².